The van der Waals surface area contributed by atoms with Crippen LogP contribution in [0.25, 0.3) is 0 Å². The third-order valence-electron chi connectivity index (χ3n) is 2.61. The average Bonchev–Trinajstić information content (AvgIpc) is 2.36. The van der Waals surface area contributed by atoms with Gasteiger partial charge in [-0.05, 0) is 24.3 Å². The highest BCUT2D eigenvalue weighted by molar-refractivity contribution is 6.30. The lowest BCUT2D eigenvalue weighted by molar-refractivity contribution is 0.384. The van der Waals surface area contributed by atoms with E-state index < -0.39 is 11.6 Å². The molecular formula is C14H12ClF2NO. The molecule has 0 unspecified atom stereocenters. The van der Waals surface area contributed by atoms with Crippen molar-refractivity contribution in [2.75, 3.05) is 12.4 Å². The maximum atomic E-state index is 13.9. The van der Waals surface area contributed by atoms with Gasteiger partial charge in [0, 0.05) is 22.8 Å². The third kappa shape index (κ3) is 3.35. The van der Waals surface area contributed by atoms with Gasteiger partial charge in [-0.1, -0.05) is 23.7 Å². The first-order chi connectivity index (χ1) is 9.10. The zero-order valence-corrected chi connectivity index (χ0v) is 11.0. The molecule has 100 valence electrons. The molecular weight excluding hydrogens is 272 g/mol. The quantitative estimate of drug-likeness (QED) is 0.906. The minimum Gasteiger partial charge on any atom is -0.494 e. The zero-order chi connectivity index (χ0) is 13.8. The van der Waals surface area contributed by atoms with Crippen LogP contribution in [-0.4, -0.2) is 7.11 Å². The number of methoxy groups -OCH3 is 1. The van der Waals surface area contributed by atoms with Crippen molar-refractivity contribution in [3.63, 3.8) is 0 Å². The van der Waals surface area contributed by atoms with Crippen LogP contribution in [0.2, 0.25) is 5.02 Å². The van der Waals surface area contributed by atoms with E-state index in [4.69, 9.17) is 16.3 Å². The van der Waals surface area contributed by atoms with Gasteiger partial charge in [-0.15, -0.1) is 0 Å². The molecule has 2 rings (SSSR count). The summed E-state index contributed by atoms with van der Waals surface area (Å²) < 4.78 is 31.9. The lowest BCUT2D eigenvalue weighted by atomic mass is 10.2. The molecule has 0 heterocycles. The first-order valence-corrected chi connectivity index (χ1v) is 5.99. The molecule has 19 heavy (non-hydrogen) atoms. The molecule has 0 aliphatic heterocycles. The molecule has 0 atom stereocenters. The number of nitrogens with one attached hydrogen (secondary N) is 1. The van der Waals surface area contributed by atoms with Crippen LogP contribution in [0.15, 0.2) is 36.4 Å². The lowest BCUT2D eigenvalue weighted by Crippen LogP contribution is -2.03. The van der Waals surface area contributed by atoms with Crippen molar-refractivity contribution in [1.82, 2.24) is 0 Å². The molecule has 2 aromatic carbocycles. The van der Waals surface area contributed by atoms with Crippen LogP contribution in [0.5, 0.6) is 5.75 Å². The van der Waals surface area contributed by atoms with E-state index in [0.717, 1.165) is 0 Å². The highest BCUT2D eigenvalue weighted by Gasteiger charge is 2.08. The fraction of sp³-hybridized carbons (Fsp3) is 0.143. The van der Waals surface area contributed by atoms with Gasteiger partial charge in [-0.3, -0.25) is 0 Å². The molecule has 0 fully saturated rings. The van der Waals surface area contributed by atoms with E-state index in [2.05, 4.69) is 5.32 Å². The number of hydrogen-bond acceptors (Lipinski definition) is 2. The predicted molar refractivity (Wildman–Crippen MR) is 71.7 cm³/mol. The summed E-state index contributed by atoms with van der Waals surface area (Å²) >= 11 is 5.74. The summed E-state index contributed by atoms with van der Waals surface area (Å²) in [6, 6.07) is 8.94. The van der Waals surface area contributed by atoms with E-state index in [9.17, 15) is 8.78 Å². The molecule has 0 amide bonds. The summed E-state index contributed by atoms with van der Waals surface area (Å²) in [5, 5.41) is 3.20. The van der Waals surface area contributed by atoms with Gasteiger partial charge in [0.1, 0.15) is 5.82 Å². The zero-order valence-electron chi connectivity index (χ0n) is 10.2. The van der Waals surface area contributed by atoms with Crippen LogP contribution >= 0.6 is 11.6 Å². The fourth-order valence-electron chi connectivity index (χ4n) is 1.70. The first kappa shape index (κ1) is 13.6. The first-order valence-electron chi connectivity index (χ1n) is 5.61. The van der Waals surface area contributed by atoms with Crippen LogP contribution < -0.4 is 10.1 Å². The Kier molecular flexibility index (Phi) is 4.22. The smallest absolute Gasteiger partial charge is 0.170 e. The van der Waals surface area contributed by atoms with E-state index in [1.807, 2.05) is 0 Å². The topological polar surface area (TPSA) is 21.3 Å². The number of anilines is 1. The summed E-state index contributed by atoms with van der Waals surface area (Å²) in [5.41, 5.74) is 0.923. The van der Waals surface area contributed by atoms with Crippen LogP contribution in [0.3, 0.4) is 0 Å². The number of halogens is 3. The maximum Gasteiger partial charge on any atom is 0.170 e. The molecule has 0 bridgehead atoms. The number of rotatable bonds is 4. The molecule has 2 aromatic rings. The second-order valence-electron chi connectivity index (χ2n) is 3.95. The van der Waals surface area contributed by atoms with Crippen LogP contribution in [0.4, 0.5) is 14.5 Å². The Hall–Kier alpha value is -1.81. The SMILES string of the molecule is COc1cccc(CNc2cc(F)cc(Cl)c2)c1F. The highest BCUT2D eigenvalue weighted by Crippen LogP contribution is 2.22. The van der Waals surface area contributed by atoms with Crippen molar-refractivity contribution < 1.29 is 13.5 Å². The van der Waals surface area contributed by atoms with Crippen molar-refractivity contribution >= 4 is 17.3 Å². The molecule has 0 spiro atoms. The number of benzene rings is 2. The Bertz CT molecular complexity index is 569. The summed E-state index contributed by atoms with van der Waals surface area (Å²) in [6.45, 7) is 0.211. The molecule has 0 saturated heterocycles. The summed E-state index contributed by atoms with van der Waals surface area (Å²) in [6.07, 6.45) is 0. The summed E-state index contributed by atoms with van der Waals surface area (Å²) in [7, 11) is 1.40. The Balaban J connectivity index is 2.14. The van der Waals surface area contributed by atoms with Gasteiger partial charge in [0.15, 0.2) is 11.6 Å². The van der Waals surface area contributed by atoms with Crippen LogP contribution in [-0.2, 0) is 6.54 Å². The summed E-state index contributed by atoms with van der Waals surface area (Å²) in [4.78, 5) is 0. The molecule has 0 aliphatic rings. The average molecular weight is 284 g/mol. The molecule has 2 nitrogen and oxygen atoms in total. The van der Waals surface area contributed by atoms with E-state index in [1.165, 1.54) is 25.3 Å². The van der Waals surface area contributed by atoms with Crippen molar-refractivity contribution in [3.8, 4) is 5.75 Å². The molecule has 0 radical (unpaired) electrons. The van der Waals surface area contributed by atoms with Crippen LogP contribution in [0, 0.1) is 11.6 Å². The van der Waals surface area contributed by atoms with Crippen molar-refractivity contribution in [2.45, 2.75) is 6.54 Å². The molecule has 0 saturated carbocycles. The number of ether oxygens (including phenoxy) is 1. The molecule has 0 aliphatic carbocycles. The van der Waals surface area contributed by atoms with Crippen molar-refractivity contribution in [2.24, 2.45) is 0 Å². The minimum absolute atomic E-state index is 0.177. The van der Waals surface area contributed by atoms with Crippen molar-refractivity contribution in [3.05, 3.63) is 58.6 Å². The van der Waals surface area contributed by atoms with Gasteiger partial charge in [0.05, 0.1) is 7.11 Å². The second-order valence-corrected chi connectivity index (χ2v) is 4.38. The van der Waals surface area contributed by atoms with Crippen molar-refractivity contribution in [1.29, 1.82) is 0 Å². The Morgan fingerprint density at radius 1 is 1.21 bits per heavy atom. The van der Waals surface area contributed by atoms with E-state index in [1.54, 1.807) is 18.2 Å². The Labute approximate surface area is 115 Å². The largest absolute Gasteiger partial charge is 0.494 e. The third-order valence-corrected chi connectivity index (χ3v) is 2.83. The minimum atomic E-state index is -0.443. The number of hydrogen-bond donors (Lipinski definition) is 1. The predicted octanol–water partition coefficient (Wildman–Crippen LogP) is 4.24. The molecule has 5 heteroatoms. The van der Waals surface area contributed by atoms with Gasteiger partial charge in [0.2, 0.25) is 0 Å². The fourth-order valence-corrected chi connectivity index (χ4v) is 1.93. The molecule has 1 N–H and O–H groups in total. The van der Waals surface area contributed by atoms with Crippen LogP contribution in [0.1, 0.15) is 5.56 Å². The van der Waals surface area contributed by atoms with Gasteiger partial charge < -0.3 is 10.1 Å². The van der Waals surface area contributed by atoms with Gasteiger partial charge in [0.25, 0.3) is 0 Å². The maximum absolute atomic E-state index is 13.9. The van der Waals surface area contributed by atoms with Gasteiger partial charge in [-0.2, -0.15) is 0 Å². The summed E-state index contributed by atoms with van der Waals surface area (Å²) in [5.74, 6) is -0.697. The highest BCUT2D eigenvalue weighted by atomic mass is 35.5. The lowest BCUT2D eigenvalue weighted by Gasteiger charge is -2.10. The Morgan fingerprint density at radius 2 is 2.00 bits per heavy atom. The standard InChI is InChI=1S/C14H12ClF2NO/c1-19-13-4-2-3-9(14(13)17)8-18-12-6-10(15)5-11(16)7-12/h2-7,18H,8H2,1H3. The Morgan fingerprint density at radius 3 is 2.68 bits per heavy atom. The van der Waals surface area contributed by atoms with E-state index in [0.29, 0.717) is 11.3 Å². The molecule has 0 aromatic heterocycles. The van der Waals surface area contributed by atoms with Gasteiger partial charge >= 0.3 is 0 Å². The monoisotopic (exact) mass is 283 g/mol. The second kappa shape index (κ2) is 5.89. The normalized spacial score (nSPS) is 10.3. The van der Waals surface area contributed by atoms with E-state index >= 15 is 0 Å². The van der Waals surface area contributed by atoms with Gasteiger partial charge in [-0.25, -0.2) is 8.78 Å². The van der Waals surface area contributed by atoms with E-state index in [-0.39, 0.29) is 17.3 Å².